The number of imide groups is 2. The molecule has 0 aromatic heterocycles. The van der Waals surface area contributed by atoms with Gasteiger partial charge >= 0.3 is 5.97 Å². The Morgan fingerprint density at radius 2 is 1.67 bits per heavy atom. The van der Waals surface area contributed by atoms with Crippen LogP contribution in [0.15, 0.2) is 24.3 Å². The van der Waals surface area contributed by atoms with Crippen LogP contribution in [-0.2, 0) is 14.4 Å². The highest BCUT2D eigenvalue weighted by molar-refractivity contribution is 6.23. The molecule has 0 saturated carbocycles. The first kappa shape index (κ1) is 15.9. The molecule has 0 spiro atoms. The number of rotatable bonds is 4. The maximum absolute atomic E-state index is 12.5. The number of amides is 4. The van der Waals surface area contributed by atoms with E-state index < -0.39 is 35.6 Å². The first-order valence-electron chi connectivity index (χ1n) is 7.44. The molecule has 124 valence electrons. The molecule has 8 heteroatoms. The summed E-state index contributed by atoms with van der Waals surface area (Å²) in [5, 5.41) is 8.73. The van der Waals surface area contributed by atoms with Crippen LogP contribution in [-0.4, -0.2) is 57.1 Å². The van der Waals surface area contributed by atoms with Crippen LogP contribution in [0.4, 0.5) is 0 Å². The van der Waals surface area contributed by atoms with E-state index in [1.54, 1.807) is 12.1 Å². The number of nitrogens with zero attached hydrogens (tertiary/aromatic N) is 2. The summed E-state index contributed by atoms with van der Waals surface area (Å²) in [7, 11) is 0. The number of likely N-dealkylation sites (tertiary alicyclic amines) is 1. The third kappa shape index (κ3) is 2.45. The highest BCUT2D eigenvalue weighted by Crippen LogP contribution is 2.28. The minimum atomic E-state index is -1.14. The predicted molar refractivity (Wildman–Crippen MR) is 78.9 cm³/mol. The second-order valence-corrected chi connectivity index (χ2v) is 5.61. The van der Waals surface area contributed by atoms with Crippen molar-refractivity contribution in [2.75, 3.05) is 6.54 Å². The summed E-state index contributed by atoms with van der Waals surface area (Å²) < 4.78 is 0. The number of fused-ring (bicyclic) bond motifs is 1. The van der Waals surface area contributed by atoms with Crippen molar-refractivity contribution in [3.05, 3.63) is 35.4 Å². The van der Waals surface area contributed by atoms with E-state index in [2.05, 4.69) is 0 Å². The Kier molecular flexibility index (Phi) is 3.88. The van der Waals surface area contributed by atoms with Crippen LogP contribution in [0, 0.1) is 0 Å². The zero-order chi connectivity index (χ0) is 17.4. The third-order valence-electron chi connectivity index (χ3n) is 4.17. The number of hydrogen-bond acceptors (Lipinski definition) is 5. The smallest absolute Gasteiger partial charge is 0.305 e. The molecule has 0 unspecified atom stereocenters. The molecule has 2 heterocycles. The van der Waals surface area contributed by atoms with Crippen molar-refractivity contribution in [1.82, 2.24) is 9.80 Å². The molecule has 1 aromatic carbocycles. The zero-order valence-electron chi connectivity index (χ0n) is 12.6. The van der Waals surface area contributed by atoms with E-state index in [-0.39, 0.29) is 36.9 Å². The third-order valence-corrected chi connectivity index (χ3v) is 4.17. The lowest BCUT2D eigenvalue weighted by atomic mass is 10.0. The van der Waals surface area contributed by atoms with Gasteiger partial charge in [-0.3, -0.25) is 33.8 Å². The first-order valence-corrected chi connectivity index (χ1v) is 7.44. The molecule has 24 heavy (non-hydrogen) atoms. The molecule has 1 N–H and O–H groups in total. The molecule has 1 atom stereocenters. The Morgan fingerprint density at radius 1 is 1.08 bits per heavy atom. The van der Waals surface area contributed by atoms with Gasteiger partial charge in [0.15, 0.2) is 0 Å². The summed E-state index contributed by atoms with van der Waals surface area (Å²) in [6.45, 7) is -0.271. The molecule has 0 aliphatic carbocycles. The average Bonchev–Trinajstić information content (AvgIpc) is 2.80. The van der Waals surface area contributed by atoms with Gasteiger partial charge in [-0.1, -0.05) is 12.1 Å². The SMILES string of the molecule is O=C(O)CCN1C(=O)CC[C@@H](N2C(=O)c3ccccc3C2=O)C1=O. The van der Waals surface area contributed by atoms with Gasteiger partial charge in [0, 0.05) is 13.0 Å². The van der Waals surface area contributed by atoms with Crippen molar-refractivity contribution in [1.29, 1.82) is 0 Å². The Hall–Kier alpha value is -3.03. The van der Waals surface area contributed by atoms with Crippen LogP contribution < -0.4 is 0 Å². The summed E-state index contributed by atoms with van der Waals surface area (Å²) in [4.78, 5) is 61.7. The van der Waals surface area contributed by atoms with Gasteiger partial charge in [-0.2, -0.15) is 0 Å². The van der Waals surface area contributed by atoms with Crippen molar-refractivity contribution in [3.8, 4) is 0 Å². The quantitative estimate of drug-likeness (QED) is 0.793. The zero-order valence-corrected chi connectivity index (χ0v) is 12.6. The van der Waals surface area contributed by atoms with E-state index in [9.17, 15) is 24.0 Å². The van der Waals surface area contributed by atoms with Gasteiger partial charge in [0.05, 0.1) is 17.5 Å². The summed E-state index contributed by atoms with van der Waals surface area (Å²) in [6.07, 6.45) is -0.359. The molecule has 3 rings (SSSR count). The molecule has 1 aromatic rings. The maximum Gasteiger partial charge on any atom is 0.305 e. The van der Waals surface area contributed by atoms with Gasteiger partial charge in [0.25, 0.3) is 17.7 Å². The summed E-state index contributed by atoms with van der Waals surface area (Å²) >= 11 is 0. The van der Waals surface area contributed by atoms with Gasteiger partial charge in [0.1, 0.15) is 6.04 Å². The van der Waals surface area contributed by atoms with E-state index in [4.69, 9.17) is 5.11 Å². The molecule has 4 amide bonds. The van der Waals surface area contributed by atoms with Gasteiger partial charge in [0.2, 0.25) is 5.91 Å². The normalized spacial score (nSPS) is 20.6. The second kappa shape index (κ2) is 5.88. The fraction of sp³-hybridized carbons (Fsp3) is 0.312. The Morgan fingerprint density at radius 3 is 2.21 bits per heavy atom. The van der Waals surface area contributed by atoms with Crippen LogP contribution in [0.3, 0.4) is 0 Å². The molecule has 1 saturated heterocycles. The minimum absolute atomic E-state index is 0.0244. The van der Waals surface area contributed by atoms with E-state index in [1.165, 1.54) is 12.1 Å². The van der Waals surface area contributed by atoms with Crippen LogP contribution in [0.5, 0.6) is 0 Å². The summed E-state index contributed by atoms with van der Waals surface area (Å²) in [5.74, 6) is -3.47. The largest absolute Gasteiger partial charge is 0.481 e. The number of piperidine rings is 1. The minimum Gasteiger partial charge on any atom is -0.481 e. The Bertz CT molecular complexity index is 737. The lowest BCUT2D eigenvalue weighted by molar-refractivity contribution is -0.152. The fourth-order valence-corrected chi connectivity index (χ4v) is 2.99. The number of carbonyl (C=O) groups is 5. The van der Waals surface area contributed by atoms with Crippen molar-refractivity contribution in [2.45, 2.75) is 25.3 Å². The molecule has 0 bridgehead atoms. The molecule has 0 radical (unpaired) electrons. The Balaban J connectivity index is 1.86. The molecular weight excluding hydrogens is 316 g/mol. The number of carboxylic acids is 1. The van der Waals surface area contributed by atoms with Crippen LogP contribution in [0.2, 0.25) is 0 Å². The Labute approximate surface area is 136 Å². The van der Waals surface area contributed by atoms with Crippen molar-refractivity contribution in [3.63, 3.8) is 0 Å². The molecule has 8 nitrogen and oxygen atoms in total. The highest BCUT2D eigenvalue weighted by atomic mass is 16.4. The van der Waals surface area contributed by atoms with Gasteiger partial charge < -0.3 is 5.11 Å². The molecule has 2 aliphatic rings. The standard InChI is InChI=1S/C16H14N2O6/c19-12-6-5-11(16(24)17(12)8-7-13(20)21)18-14(22)9-3-1-2-4-10(9)15(18)23/h1-4,11H,5-8H2,(H,20,21)/t11-/m1/s1. The van der Waals surface area contributed by atoms with E-state index in [0.29, 0.717) is 0 Å². The van der Waals surface area contributed by atoms with Crippen LogP contribution >= 0.6 is 0 Å². The first-order chi connectivity index (χ1) is 11.4. The number of carbonyl (C=O) groups excluding carboxylic acids is 4. The van der Waals surface area contributed by atoms with E-state index in [0.717, 1.165) is 9.80 Å². The highest BCUT2D eigenvalue weighted by Gasteiger charge is 2.46. The molecular formula is C16H14N2O6. The monoisotopic (exact) mass is 330 g/mol. The van der Waals surface area contributed by atoms with Gasteiger partial charge in [-0.15, -0.1) is 0 Å². The number of hydrogen-bond donors (Lipinski definition) is 1. The van der Waals surface area contributed by atoms with Crippen molar-refractivity contribution in [2.24, 2.45) is 0 Å². The van der Waals surface area contributed by atoms with Crippen LogP contribution in [0.25, 0.3) is 0 Å². The topological polar surface area (TPSA) is 112 Å². The van der Waals surface area contributed by atoms with E-state index in [1.807, 2.05) is 0 Å². The fourth-order valence-electron chi connectivity index (χ4n) is 2.99. The number of benzene rings is 1. The number of aliphatic carboxylic acids is 1. The van der Waals surface area contributed by atoms with Crippen LogP contribution in [0.1, 0.15) is 40.0 Å². The van der Waals surface area contributed by atoms with Crippen molar-refractivity contribution >= 4 is 29.6 Å². The molecule has 1 fully saturated rings. The second-order valence-electron chi connectivity index (χ2n) is 5.61. The lowest BCUT2D eigenvalue weighted by Crippen LogP contribution is -2.56. The average molecular weight is 330 g/mol. The maximum atomic E-state index is 12.5. The van der Waals surface area contributed by atoms with E-state index >= 15 is 0 Å². The number of carboxylic acid groups (broad SMARTS) is 1. The van der Waals surface area contributed by atoms with Crippen molar-refractivity contribution < 1.29 is 29.1 Å². The summed E-state index contributed by atoms with van der Waals surface area (Å²) in [6, 6.07) is 5.19. The summed E-state index contributed by atoms with van der Waals surface area (Å²) in [5.41, 5.74) is 0.452. The predicted octanol–water partition coefficient (Wildman–Crippen LogP) is 0.275. The lowest BCUT2D eigenvalue weighted by Gasteiger charge is -2.34. The molecule has 2 aliphatic heterocycles. The van der Waals surface area contributed by atoms with Gasteiger partial charge in [-0.25, -0.2) is 0 Å². The van der Waals surface area contributed by atoms with Gasteiger partial charge in [-0.05, 0) is 18.6 Å².